The molecule has 0 saturated carbocycles. The van der Waals surface area contributed by atoms with E-state index in [1.165, 1.54) is 6.20 Å². The van der Waals surface area contributed by atoms with Crippen LogP contribution in [0.2, 0.25) is 0 Å². The predicted molar refractivity (Wildman–Crippen MR) is 74.7 cm³/mol. The van der Waals surface area contributed by atoms with E-state index >= 15 is 0 Å². The van der Waals surface area contributed by atoms with Crippen molar-refractivity contribution in [3.63, 3.8) is 0 Å². The van der Waals surface area contributed by atoms with Gasteiger partial charge in [0, 0.05) is 13.1 Å². The number of rotatable bonds is 5. The minimum atomic E-state index is -0.532. The number of halogens is 1. The molecule has 1 aliphatic rings. The molecule has 1 fully saturated rings. The second-order valence-electron chi connectivity index (χ2n) is 4.12. The summed E-state index contributed by atoms with van der Waals surface area (Å²) in [6.45, 7) is 3.98. The molecule has 1 amide bonds. The number of aromatic amines is 1. The Hall–Kier alpha value is -1.80. The van der Waals surface area contributed by atoms with Gasteiger partial charge in [-0.2, -0.15) is 5.10 Å². The molecular weight excluding hydrogens is 302 g/mol. The molecule has 21 heavy (non-hydrogen) atoms. The second-order valence-corrected chi connectivity index (χ2v) is 4.12. The summed E-state index contributed by atoms with van der Waals surface area (Å²) in [4.78, 5) is 25.2. The van der Waals surface area contributed by atoms with Gasteiger partial charge in [0.25, 0.3) is 5.91 Å². The minimum absolute atomic E-state index is 0. The maximum Gasteiger partial charge on any atom is 0.345 e. The fourth-order valence-electron chi connectivity index (χ4n) is 1.78. The van der Waals surface area contributed by atoms with Crippen molar-refractivity contribution in [2.45, 2.75) is 6.92 Å². The van der Waals surface area contributed by atoms with E-state index in [1.807, 2.05) is 0 Å². The van der Waals surface area contributed by atoms with Crippen molar-refractivity contribution >= 4 is 24.3 Å². The number of hydrogen-bond acceptors (Lipinski definition) is 6. The quantitative estimate of drug-likeness (QED) is 0.782. The van der Waals surface area contributed by atoms with Gasteiger partial charge in [0.2, 0.25) is 5.88 Å². The largest absolute Gasteiger partial charge is 0.467 e. The van der Waals surface area contributed by atoms with Crippen LogP contribution in [0, 0.1) is 0 Å². The van der Waals surface area contributed by atoms with Gasteiger partial charge in [-0.25, -0.2) is 9.89 Å². The zero-order valence-electron chi connectivity index (χ0n) is 11.7. The van der Waals surface area contributed by atoms with Crippen LogP contribution >= 0.6 is 12.4 Å². The zero-order chi connectivity index (χ0) is 14.4. The van der Waals surface area contributed by atoms with Gasteiger partial charge < -0.3 is 19.1 Å². The van der Waals surface area contributed by atoms with Crippen molar-refractivity contribution in [2.24, 2.45) is 0 Å². The Kier molecular flexibility index (Phi) is 6.97. The van der Waals surface area contributed by atoms with Crippen molar-refractivity contribution in [3.05, 3.63) is 11.8 Å². The monoisotopic (exact) mass is 319 g/mol. The summed E-state index contributed by atoms with van der Waals surface area (Å²) in [6, 6.07) is 0. The molecule has 118 valence electrons. The molecule has 1 N–H and O–H groups in total. The van der Waals surface area contributed by atoms with E-state index in [4.69, 9.17) is 14.2 Å². The van der Waals surface area contributed by atoms with Gasteiger partial charge in [-0.3, -0.25) is 4.79 Å². The van der Waals surface area contributed by atoms with Crippen LogP contribution in [0.1, 0.15) is 17.3 Å². The van der Waals surface area contributed by atoms with Gasteiger partial charge >= 0.3 is 5.97 Å². The molecule has 1 aromatic heterocycles. The first-order chi connectivity index (χ1) is 9.72. The highest BCUT2D eigenvalue weighted by molar-refractivity contribution is 5.91. The summed E-state index contributed by atoms with van der Waals surface area (Å²) in [5, 5.41) is 6.26. The van der Waals surface area contributed by atoms with E-state index in [0.717, 1.165) is 0 Å². The van der Waals surface area contributed by atoms with E-state index in [-0.39, 0.29) is 43.0 Å². The molecule has 0 spiro atoms. The van der Waals surface area contributed by atoms with Crippen molar-refractivity contribution < 1.29 is 23.8 Å². The lowest BCUT2D eigenvalue weighted by molar-refractivity contribution is -0.137. The second kappa shape index (κ2) is 8.48. The molecule has 0 unspecified atom stereocenters. The number of aromatic nitrogens is 2. The molecule has 2 rings (SSSR count). The number of ether oxygens (including phenoxy) is 3. The first kappa shape index (κ1) is 17.3. The third kappa shape index (κ3) is 4.61. The van der Waals surface area contributed by atoms with E-state index in [2.05, 4.69) is 10.2 Å². The zero-order valence-corrected chi connectivity index (χ0v) is 12.5. The molecule has 1 aliphatic heterocycles. The highest BCUT2D eigenvalue weighted by Gasteiger charge is 2.20. The minimum Gasteiger partial charge on any atom is -0.467 e. The van der Waals surface area contributed by atoms with Crippen LogP contribution in [0.25, 0.3) is 0 Å². The molecule has 8 nitrogen and oxygen atoms in total. The molecule has 0 bridgehead atoms. The number of nitrogens with one attached hydrogen (secondary N) is 1. The molecule has 0 atom stereocenters. The fourth-order valence-corrected chi connectivity index (χ4v) is 1.78. The van der Waals surface area contributed by atoms with E-state index < -0.39 is 5.97 Å². The highest BCUT2D eigenvalue weighted by Crippen LogP contribution is 2.15. The van der Waals surface area contributed by atoms with E-state index in [0.29, 0.717) is 26.3 Å². The van der Waals surface area contributed by atoms with Gasteiger partial charge in [0.05, 0.1) is 26.0 Å². The van der Waals surface area contributed by atoms with Gasteiger partial charge in [-0.15, -0.1) is 12.4 Å². The highest BCUT2D eigenvalue weighted by atomic mass is 35.5. The lowest BCUT2D eigenvalue weighted by atomic mass is 10.3. The summed E-state index contributed by atoms with van der Waals surface area (Å²) < 4.78 is 15.3. The van der Waals surface area contributed by atoms with Crippen LogP contribution in [0.5, 0.6) is 5.88 Å². The third-order valence-electron chi connectivity index (χ3n) is 2.80. The number of carbonyl (C=O) groups excluding carboxylic acids is 2. The lowest BCUT2D eigenvalue weighted by Crippen LogP contribution is -2.43. The molecule has 0 radical (unpaired) electrons. The molecular formula is C12H18ClN3O5. The summed E-state index contributed by atoms with van der Waals surface area (Å²) in [5.74, 6) is -0.544. The fraction of sp³-hybridized carbons (Fsp3) is 0.583. The average molecular weight is 320 g/mol. The Morgan fingerprint density at radius 3 is 2.81 bits per heavy atom. The Labute approximate surface area is 128 Å². The number of hydrogen-bond donors (Lipinski definition) is 1. The first-order valence-electron chi connectivity index (χ1n) is 6.41. The normalized spacial score (nSPS) is 14.2. The van der Waals surface area contributed by atoms with E-state index in [1.54, 1.807) is 11.8 Å². The van der Waals surface area contributed by atoms with Crippen LogP contribution in [0.15, 0.2) is 6.20 Å². The van der Waals surface area contributed by atoms with Gasteiger partial charge in [0.1, 0.15) is 5.56 Å². The standard InChI is InChI=1S/C12H17N3O5.ClH/c1-2-19-12(17)9-7-13-14-11(9)20-8-10(16)15-3-5-18-6-4-15;/h7H,2-6,8H2,1H3,(H,13,14);1H. The van der Waals surface area contributed by atoms with E-state index in [9.17, 15) is 9.59 Å². The van der Waals surface area contributed by atoms with Gasteiger partial charge in [-0.1, -0.05) is 0 Å². The van der Waals surface area contributed by atoms with Gasteiger partial charge in [0.15, 0.2) is 6.61 Å². The number of H-pyrrole nitrogens is 1. The van der Waals surface area contributed by atoms with Crippen LogP contribution in [0.4, 0.5) is 0 Å². The first-order valence-corrected chi connectivity index (χ1v) is 6.41. The average Bonchev–Trinajstić information content (AvgIpc) is 2.94. The van der Waals surface area contributed by atoms with Crippen LogP contribution < -0.4 is 4.74 Å². The van der Waals surface area contributed by atoms with Crippen LogP contribution in [-0.2, 0) is 14.3 Å². The predicted octanol–water partition coefficient (Wildman–Crippen LogP) is 0.246. The number of esters is 1. The SMILES string of the molecule is CCOC(=O)c1cn[nH]c1OCC(=O)N1CCOCC1.Cl. The summed E-state index contributed by atoms with van der Waals surface area (Å²) >= 11 is 0. The molecule has 1 saturated heterocycles. The Bertz CT molecular complexity index is 473. The van der Waals surface area contributed by atoms with Crippen molar-refractivity contribution in [1.29, 1.82) is 0 Å². The molecule has 0 aliphatic carbocycles. The maximum atomic E-state index is 11.9. The topological polar surface area (TPSA) is 93.8 Å². The number of carbonyl (C=O) groups is 2. The summed E-state index contributed by atoms with van der Waals surface area (Å²) in [6.07, 6.45) is 1.31. The Morgan fingerprint density at radius 1 is 1.43 bits per heavy atom. The van der Waals surface area contributed by atoms with Crippen molar-refractivity contribution in [2.75, 3.05) is 39.5 Å². The van der Waals surface area contributed by atoms with Crippen molar-refractivity contribution in [1.82, 2.24) is 15.1 Å². The number of morpholine rings is 1. The number of amides is 1. The molecule has 0 aromatic carbocycles. The Morgan fingerprint density at radius 2 is 2.14 bits per heavy atom. The molecule has 9 heteroatoms. The number of nitrogens with zero attached hydrogens (tertiary/aromatic N) is 2. The molecule has 1 aromatic rings. The smallest absolute Gasteiger partial charge is 0.345 e. The van der Waals surface area contributed by atoms with Crippen molar-refractivity contribution in [3.8, 4) is 5.88 Å². The summed E-state index contributed by atoms with van der Waals surface area (Å²) in [5.41, 5.74) is 0.182. The van der Waals surface area contributed by atoms with Crippen LogP contribution in [0.3, 0.4) is 0 Å². The molecule has 2 heterocycles. The third-order valence-corrected chi connectivity index (χ3v) is 2.80. The lowest BCUT2D eigenvalue weighted by Gasteiger charge is -2.26. The van der Waals surface area contributed by atoms with Crippen LogP contribution in [-0.4, -0.2) is 66.5 Å². The summed E-state index contributed by atoms with van der Waals surface area (Å²) in [7, 11) is 0. The maximum absolute atomic E-state index is 11.9. The van der Waals surface area contributed by atoms with Gasteiger partial charge in [-0.05, 0) is 6.92 Å². The Balaban J connectivity index is 0.00000220.